The molecule has 1 aromatic heterocycles. The molecule has 6 nitrogen and oxygen atoms in total. The quantitative estimate of drug-likeness (QED) is 0.614. The van der Waals surface area contributed by atoms with E-state index < -0.39 is 23.4 Å². The van der Waals surface area contributed by atoms with Crippen LogP contribution in [-0.2, 0) is 16.1 Å². The number of nitrogens with zero attached hydrogens (tertiary/aromatic N) is 4. The molecule has 4 rings (SSSR count). The normalized spacial score (nSPS) is 15.9. The van der Waals surface area contributed by atoms with Crippen molar-refractivity contribution in [3.63, 3.8) is 0 Å². The fourth-order valence-corrected chi connectivity index (χ4v) is 4.66. The number of thioether (sulfide) groups is 1. The number of benzene rings is 1. The number of imide groups is 1. The zero-order chi connectivity index (χ0) is 24.1. The summed E-state index contributed by atoms with van der Waals surface area (Å²) in [5, 5.41) is 7.96. The number of carbonyl (C=O) groups is 2. The second kappa shape index (κ2) is 10.7. The lowest BCUT2D eigenvalue weighted by molar-refractivity contribution is -0.141. The Morgan fingerprint density at radius 3 is 2.74 bits per heavy atom. The van der Waals surface area contributed by atoms with Gasteiger partial charge in [0.1, 0.15) is 17.3 Å². The van der Waals surface area contributed by atoms with Gasteiger partial charge >= 0.3 is 0 Å². The molecular formula is C25H24F2N4O2S. The predicted octanol–water partition coefficient (Wildman–Crippen LogP) is 4.77. The van der Waals surface area contributed by atoms with Crippen LogP contribution < -0.4 is 0 Å². The van der Waals surface area contributed by atoms with Crippen LogP contribution in [0.4, 0.5) is 8.78 Å². The molecule has 0 saturated heterocycles. The third-order valence-corrected chi connectivity index (χ3v) is 6.53. The van der Waals surface area contributed by atoms with Crippen LogP contribution >= 0.6 is 11.8 Å². The van der Waals surface area contributed by atoms with Crippen LogP contribution in [0.15, 0.2) is 60.4 Å². The molecule has 2 amide bonds. The summed E-state index contributed by atoms with van der Waals surface area (Å²) in [5.74, 6) is -0.479. The molecule has 1 aliphatic heterocycles. The van der Waals surface area contributed by atoms with Crippen LogP contribution in [0, 0.1) is 11.6 Å². The van der Waals surface area contributed by atoms with Crippen molar-refractivity contribution >= 4 is 29.1 Å². The van der Waals surface area contributed by atoms with Crippen LogP contribution in [0.3, 0.4) is 0 Å². The Morgan fingerprint density at radius 1 is 1.18 bits per heavy atom. The third-order valence-electron chi connectivity index (χ3n) is 5.55. The molecule has 0 radical (unpaired) electrons. The monoisotopic (exact) mass is 482 g/mol. The van der Waals surface area contributed by atoms with Gasteiger partial charge in [-0.25, -0.2) is 13.5 Å². The molecule has 0 spiro atoms. The van der Waals surface area contributed by atoms with Gasteiger partial charge < -0.3 is 0 Å². The maximum absolute atomic E-state index is 14.9. The van der Waals surface area contributed by atoms with Gasteiger partial charge in [0, 0.05) is 35.9 Å². The van der Waals surface area contributed by atoms with Gasteiger partial charge in [0.15, 0.2) is 0 Å². The smallest absolute Gasteiger partial charge is 0.257 e. The fraction of sp³-hybridized carbons (Fsp3) is 0.280. The molecule has 34 heavy (non-hydrogen) atoms. The van der Waals surface area contributed by atoms with Gasteiger partial charge in [0.25, 0.3) is 5.91 Å². The highest BCUT2D eigenvalue weighted by atomic mass is 32.2. The fourth-order valence-electron chi connectivity index (χ4n) is 3.83. The molecule has 0 N–H and O–H groups in total. The van der Waals surface area contributed by atoms with Crippen LogP contribution in [-0.4, -0.2) is 43.2 Å². The van der Waals surface area contributed by atoms with E-state index in [1.165, 1.54) is 29.9 Å². The first-order valence-electron chi connectivity index (χ1n) is 11.0. The minimum Gasteiger partial charge on any atom is -0.275 e. The van der Waals surface area contributed by atoms with Crippen LogP contribution in [0.5, 0.6) is 0 Å². The van der Waals surface area contributed by atoms with Gasteiger partial charge in [-0.15, -0.1) is 5.10 Å². The first-order valence-corrected chi connectivity index (χ1v) is 12.1. The van der Waals surface area contributed by atoms with Crippen molar-refractivity contribution in [3.8, 4) is 5.69 Å². The third kappa shape index (κ3) is 5.41. The van der Waals surface area contributed by atoms with Crippen molar-refractivity contribution in [1.82, 2.24) is 19.9 Å². The zero-order valence-electron chi connectivity index (χ0n) is 18.7. The first kappa shape index (κ1) is 23.8. The molecule has 0 fully saturated rings. The highest BCUT2D eigenvalue weighted by Crippen LogP contribution is 2.30. The number of carbonyl (C=O) groups excluding carboxylic acids is 2. The minimum atomic E-state index is -0.660. The molecule has 2 heterocycles. The Labute approximate surface area is 200 Å². The minimum absolute atomic E-state index is 0.000264. The van der Waals surface area contributed by atoms with E-state index in [4.69, 9.17) is 0 Å². The van der Waals surface area contributed by atoms with Crippen molar-refractivity contribution in [2.45, 2.75) is 32.7 Å². The van der Waals surface area contributed by atoms with E-state index in [2.05, 4.69) is 10.3 Å². The van der Waals surface area contributed by atoms with Crippen LogP contribution in [0.1, 0.15) is 37.4 Å². The lowest BCUT2D eigenvalue weighted by Gasteiger charge is -2.19. The summed E-state index contributed by atoms with van der Waals surface area (Å²) in [7, 11) is 0. The summed E-state index contributed by atoms with van der Waals surface area (Å²) >= 11 is 1.74. The Morgan fingerprint density at radius 2 is 1.97 bits per heavy atom. The van der Waals surface area contributed by atoms with E-state index in [0.717, 1.165) is 22.8 Å². The van der Waals surface area contributed by atoms with Gasteiger partial charge in [0.05, 0.1) is 18.4 Å². The first-order chi connectivity index (χ1) is 16.4. The number of halogens is 2. The van der Waals surface area contributed by atoms with E-state index >= 15 is 0 Å². The van der Waals surface area contributed by atoms with Gasteiger partial charge in [0.2, 0.25) is 5.91 Å². The van der Waals surface area contributed by atoms with Gasteiger partial charge in [-0.1, -0.05) is 41.7 Å². The molecule has 0 saturated carbocycles. The number of amides is 2. The number of aromatic nitrogens is 3. The van der Waals surface area contributed by atoms with Crippen molar-refractivity contribution < 1.29 is 18.4 Å². The van der Waals surface area contributed by atoms with Gasteiger partial charge in [-0.05, 0) is 30.6 Å². The largest absolute Gasteiger partial charge is 0.275 e. The van der Waals surface area contributed by atoms with E-state index in [1.54, 1.807) is 30.0 Å². The molecule has 0 unspecified atom stereocenters. The van der Waals surface area contributed by atoms with E-state index in [0.29, 0.717) is 29.7 Å². The predicted molar refractivity (Wildman–Crippen MR) is 128 cm³/mol. The Hall–Kier alpha value is -3.33. The number of hydrogen-bond acceptors (Lipinski definition) is 5. The summed E-state index contributed by atoms with van der Waals surface area (Å²) in [4.78, 5) is 26.1. The molecule has 1 aliphatic carbocycles. The Kier molecular flexibility index (Phi) is 7.52. The van der Waals surface area contributed by atoms with Crippen molar-refractivity contribution in [2.75, 3.05) is 11.5 Å². The second-order valence-corrected chi connectivity index (χ2v) is 9.12. The maximum Gasteiger partial charge on any atom is 0.257 e. The molecular weight excluding hydrogens is 458 g/mol. The summed E-state index contributed by atoms with van der Waals surface area (Å²) in [6.45, 7) is 1.20. The van der Waals surface area contributed by atoms with Crippen LogP contribution in [0.2, 0.25) is 0 Å². The van der Waals surface area contributed by atoms with Crippen molar-refractivity contribution in [3.05, 3.63) is 83.3 Å². The molecule has 0 bridgehead atoms. The molecule has 2 aliphatic rings. The molecule has 0 atom stereocenters. The molecule has 176 valence electrons. The maximum atomic E-state index is 14.9. The summed E-state index contributed by atoms with van der Waals surface area (Å²) in [6, 6.07) is 2.44. The summed E-state index contributed by atoms with van der Waals surface area (Å²) in [6.07, 6.45) is 14.1. The molecule has 9 heteroatoms. The summed E-state index contributed by atoms with van der Waals surface area (Å²) < 4.78 is 31.1. The highest BCUT2D eigenvalue weighted by molar-refractivity contribution is 7.99. The second-order valence-electron chi connectivity index (χ2n) is 7.97. The number of allylic oxidation sites excluding steroid dienone is 6. The van der Waals surface area contributed by atoms with E-state index in [1.807, 2.05) is 18.2 Å². The Bertz CT molecular complexity index is 1210. The SMILES string of the molecule is CC(=O)N(Cc1cn(-c2cc(F)c(C3=CCSCCC3)c(F)c2)nn1)C(=O)C1=CC=CC=CC1. The van der Waals surface area contributed by atoms with Gasteiger partial charge in [-0.2, -0.15) is 11.8 Å². The zero-order valence-corrected chi connectivity index (χ0v) is 19.5. The lowest BCUT2D eigenvalue weighted by atomic mass is 9.99. The number of rotatable bonds is 5. The number of hydrogen-bond donors (Lipinski definition) is 0. The van der Waals surface area contributed by atoms with E-state index in [-0.39, 0.29) is 17.8 Å². The topological polar surface area (TPSA) is 68.1 Å². The van der Waals surface area contributed by atoms with Crippen molar-refractivity contribution in [1.29, 1.82) is 0 Å². The average molecular weight is 483 g/mol. The molecule has 1 aromatic carbocycles. The Balaban J connectivity index is 1.55. The lowest BCUT2D eigenvalue weighted by Crippen LogP contribution is -2.35. The summed E-state index contributed by atoms with van der Waals surface area (Å²) in [5.41, 5.74) is 1.64. The van der Waals surface area contributed by atoms with Gasteiger partial charge in [-0.3, -0.25) is 14.5 Å². The van der Waals surface area contributed by atoms with Crippen molar-refractivity contribution in [2.24, 2.45) is 0 Å². The highest BCUT2D eigenvalue weighted by Gasteiger charge is 2.23. The average Bonchev–Trinajstić information content (AvgIpc) is 2.97. The van der Waals surface area contributed by atoms with Crippen LogP contribution in [0.25, 0.3) is 11.3 Å². The van der Waals surface area contributed by atoms with E-state index in [9.17, 15) is 18.4 Å². The standard InChI is InChI=1S/C25H24F2N4O2S/c1-17(32)30(25(33)19-7-4-2-3-5-8-19)15-20-16-31(29-28-20)21-13-22(26)24(23(27)14-21)18-9-6-11-34-12-10-18/h2-5,7,10,13-14,16H,6,8-9,11-12,15H2,1H3. The molecule has 2 aromatic rings.